The van der Waals surface area contributed by atoms with Gasteiger partial charge in [0, 0.05) is 138 Å². The first-order valence-electron chi connectivity index (χ1n) is 33.8. The zero-order chi connectivity index (χ0) is 75.6. The number of nitriles is 2. The number of thiazole rings is 2. The molecule has 4 aliphatic rings. The first-order chi connectivity index (χ1) is 50.5. The Labute approximate surface area is 637 Å². The van der Waals surface area contributed by atoms with Crippen LogP contribution in [0.5, 0.6) is 0 Å². The fourth-order valence-electron chi connectivity index (χ4n) is 10.7. The summed E-state index contributed by atoms with van der Waals surface area (Å²) >= 11 is 2.52. The summed E-state index contributed by atoms with van der Waals surface area (Å²) in [4.78, 5) is 118. The van der Waals surface area contributed by atoms with E-state index < -0.39 is 17.9 Å². The van der Waals surface area contributed by atoms with E-state index in [4.69, 9.17) is 27.0 Å². The third-order valence-electron chi connectivity index (χ3n) is 16.6. The molecular weight excluding hydrogens is 1400 g/mol. The summed E-state index contributed by atoms with van der Waals surface area (Å²) in [5, 5.41) is 24.4. The zero-order valence-corrected chi connectivity index (χ0v) is 63.0. The summed E-state index contributed by atoms with van der Waals surface area (Å²) in [5.41, 5.74) is 14.1. The number of anilines is 4. The van der Waals surface area contributed by atoms with Gasteiger partial charge in [0.1, 0.15) is 67.8 Å². The molecular formula is C72H75BF2N18NaO9S2. The van der Waals surface area contributed by atoms with Crippen LogP contribution >= 0.6 is 22.7 Å². The predicted molar refractivity (Wildman–Crippen MR) is 387 cm³/mol. The van der Waals surface area contributed by atoms with Crippen molar-refractivity contribution in [3.05, 3.63) is 154 Å². The van der Waals surface area contributed by atoms with Gasteiger partial charge >= 0.3 is 41.5 Å². The monoisotopic (exact) mass is 1470 g/mol. The second-order valence-electron chi connectivity index (χ2n) is 23.9. The molecule has 14 rings (SSSR count). The number of hydrogen-bond donors (Lipinski definition) is 2. The number of rotatable bonds is 14. The molecule has 27 nitrogen and oxygen atoms in total. The van der Waals surface area contributed by atoms with E-state index in [1.807, 2.05) is 83.2 Å². The molecule has 0 atom stereocenters. The molecule has 537 valence electrons. The average Bonchev–Trinajstić information content (AvgIpc) is 1.58. The van der Waals surface area contributed by atoms with Crippen LogP contribution in [0, 0.1) is 34.3 Å². The van der Waals surface area contributed by atoms with E-state index in [0.717, 1.165) is 64.9 Å². The molecule has 2 amide bonds. The number of nitrogens with zero attached hydrogens (tertiary/aromatic N) is 16. The Morgan fingerprint density at radius 1 is 0.619 bits per heavy atom. The molecule has 0 bridgehead atoms. The molecule has 10 heterocycles. The van der Waals surface area contributed by atoms with Crippen molar-refractivity contribution in [3.8, 4) is 56.9 Å². The number of nitrogens with two attached hydrogens (primary N) is 1. The van der Waals surface area contributed by atoms with Crippen LogP contribution in [0.25, 0.3) is 56.1 Å². The van der Waals surface area contributed by atoms with Gasteiger partial charge in [-0.1, -0.05) is 63.2 Å². The van der Waals surface area contributed by atoms with E-state index in [9.17, 15) is 48.1 Å². The summed E-state index contributed by atoms with van der Waals surface area (Å²) in [6.45, 7) is 11.4. The van der Waals surface area contributed by atoms with E-state index in [-0.39, 0.29) is 83.5 Å². The molecule has 3 N–H and O–H groups in total. The number of imidazole rings is 2. The summed E-state index contributed by atoms with van der Waals surface area (Å²) in [6, 6.07) is 25.6. The number of likely N-dealkylation sites (tertiary alicyclic amines) is 2. The van der Waals surface area contributed by atoms with E-state index in [2.05, 4.69) is 59.9 Å². The van der Waals surface area contributed by atoms with Crippen LogP contribution in [-0.4, -0.2) is 160 Å². The second kappa shape index (κ2) is 37.4. The van der Waals surface area contributed by atoms with E-state index in [1.54, 1.807) is 60.9 Å². The number of amides is 2. The number of ketones is 1. The third kappa shape index (κ3) is 19.9. The minimum absolute atomic E-state index is 0. The van der Waals surface area contributed by atoms with Crippen molar-refractivity contribution in [2.75, 3.05) is 50.1 Å². The van der Waals surface area contributed by atoms with Gasteiger partial charge in [0.2, 0.25) is 17.6 Å². The fraction of sp³-hybridized carbons (Fsp3) is 0.333. The van der Waals surface area contributed by atoms with Crippen molar-refractivity contribution in [2.24, 2.45) is 5.73 Å². The summed E-state index contributed by atoms with van der Waals surface area (Å²) < 4.78 is 40.8. The van der Waals surface area contributed by atoms with Crippen LogP contribution < -0.4 is 50.4 Å². The minimum Gasteiger partial charge on any atom is -0.793 e. The quantitative estimate of drug-likeness (QED) is 0.0598. The van der Waals surface area contributed by atoms with Gasteiger partial charge in [-0.25, -0.2) is 68.0 Å². The topological polar surface area (TPSA) is 341 Å². The molecule has 8 aromatic heterocycles. The van der Waals surface area contributed by atoms with Gasteiger partial charge in [0.15, 0.2) is 16.0 Å². The number of aromatic nitrogens is 10. The number of fused-ring (bicyclic) bond motifs is 2. The van der Waals surface area contributed by atoms with Crippen molar-refractivity contribution in [2.45, 2.75) is 118 Å². The van der Waals surface area contributed by atoms with Gasteiger partial charge in [0.05, 0.1) is 24.5 Å². The Hall–Kier alpha value is -10.3. The Kier molecular flexibility index (Phi) is 28.1. The Morgan fingerprint density at radius 3 is 1.30 bits per heavy atom. The Bertz CT molecular complexity index is 4810. The van der Waals surface area contributed by atoms with Gasteiger partial charge in [0.25, 0.3) is 11.8 Å². The number of benzene rings is 2. The molecule has 2 saturated carbocycles. The minimum atomic E-state index is -0.639. The number of carbonyl (C=O) groups excluding carboxylic acids is 6. The van der Waals surface area contributed by atoms with Gasteiger partial charge in [-0.15, -0.1) is 0 Å². The maximum Gasteiger partial charge on any atom is 1.00 e. The molecule has 3 radical (unpaired) electrons. The first kappa shape index (κ1) is 78.8. The van der Waals surface area contributed by atoms with Crippen LogP contribution in [0.15, 0.2) is 110 Å². The van der Waals surface area contributed by atoms with Crippen molar-refractivity contribution in [3.63, 3.8) is 0 Å². The molecule has 10 aromatic rings. The number of carbonyl (C=O) groups is 6. The van der Waals surface area contributed by atoms with Gasteiger partial charge in [-0.3, -0.25) is 28.0 Å². The summed E-state index contributed by atoms with van der Waals surface area (Å²) in [7, 11) is 8.09. The Morgan fingerprint density at radius 2 is 0.990 bits per heavy atom. The molecule has 2 aliphatic heterocycles. The van der Waals surface area contributed by atoms with Crippen LogP contribution in [0.3, 0.4) is 0 Å². The second-order valence-corrected chi connectivity index (χ2v) is 25.9. The molecule has 105 heavy (non-hydrogen) atoms. The summed E-state index contributed by atoms with van der Waals surface area (Å²) in [6.07, 6.45) is 19.4. The van der Waals surface area contributed by atoms with Crippen LogP contribution in [-0.2, 0) is 46.4 Å². The molecule has 0 unspecified atom stereocenters. The van der Waals surface area contributed by atoms with Crippen LogP contribution in [0.4, 0.5) is 30.7 Å². The number of pyridine rings is 2. The van der Waals surface area contributed by atoms with Crippen molar-refractivity contribution >= 4 is 99.4 Å². The van der Waals surface area contributed by atoms with Crippen molar-refractivity contribution in [1.82, 2.24) is 63.8 Å². The molecule has 4 fully saturated rings. The van der Waals surface area contributed by atoms with Crippen molar-refractivity contribution in [1.29, 1.82) is 10.5 Å². The van der Waals surface area contributed by atoms with E-state index >= 15 is 0 Å². The smallest absolute Gasteiger partial charge is 0.793 e. The zero-order valence-electron chi connectivity index (χ0n) is 60.4. The van der Waals surface area contributed by atoms with Gasteiger partial charge in [-0.05, 0) is 111 Å². The molecule has 2 aliphatic carbocycles. The van der Waals surface area contributed by atoms with Crippen molar-refractivity contribution < 1.29 is 82.9 Å². The third-order valence-corrected chi connectivity index (χ3v) is 18.7. The van der Waals surface area contributed by atoms with Crippen LogP contribution in [0.1, 0.15) is 131 Å². The van der Waals surface area contributed by atoms with Crippen LogP contribution in [0.2, 0.25) is 0 Å². The number of hydrogen-bond acceptors (Lipinski definition) is 25. The maximum absolute atomic E-state index is 13.5. The number of nitrogens with one attached hydrogen (secondary N) is 1. The number of halogens is 2. The summed E-state index contributed by atoms with van der Waals surface area (Å²) in [5.74, 6) is -1.10. The fourth-order valence-corrected chi connectivity index (χ4v) is 12.4. The SMILES string of the molecule is CC(=O)OOC(C)=O.CCc1nc2ccc(-c3cnc(C(=O)N4CC(=O)C4)nc3)cn2c1N(C)c1nc(-c2ccc(F)cc2)c(C#N)s1.CCc1nc2ccc(-c3cnc(C(=O)N4CC(NC5CCC5)C4)nc3)cn2c1N(C)c1nc(-c2ccc(F)cc2)c(C#N)s1.NC1CCC1.[2H]CC.[B-]OC(C)=O.[Na+]. The maximum atomic E-state index is 13.5. The predicted octanol–water partition coefficient (Wildman–Crippen LogP) is 7.69. The molecule has 2 saturated heterocycles. The molecule has 33 heteroatoms. The van der Waals surface area contributed by atoms with E-state index in [1.165, 1.54) is 97.3 Å². The van der Waals surface area contributed by atoms with E-state index in [0.29, 0.717) is 99.1 Å². The first-order valence-corrected chi connectivity index (χ1v) is 34.7. The largest absolute Gasteiger partial charge is 1.00 e. The van der Waals surface area contributed by atoms with Gasteiger partial charge < -0.3 is 43.4 Å². The molecule has 2 aromatic carbocycles. The molecule has 0 spiro atoms. The Balaban J connectivity index is 0.000000209. The normalized spacial score (nSPS) is 13.6. The average molecular weight is 1470 g/mol. The standard InChI is InChI=1S/C32H30FN9OS.C28H21FN8O2S.C4H9N.C4H6O4.C2H3BO2.C2H6.Na/c1-3-25-30(40(2)32-39-28(26(13-34)44-32)19-7-10-22(33)11-8-19)42-16-20(9-12-27(42)38-25)21-14-35-29(36-15-21)31(43)41-17-24(18-41)37-23-5-4-6-23;1-3-21-26(35(2)28-34-24(22(10-30)40-28)16-4-7-19(29)8-5-16)37-13-17(6-9-23(37)33-21)18-11-31-25(32-12-18)27(39)36-14-20(38)15-36;5-4-2-1-3-4;1-3(5)7-8-4(2)6;1-2(4)5-3;1-2;/h7-12,14-16,23-24,37H,3-6,17-18H2,1-2H3;4-9,11-13H,3,14-15H2,1-2H3;4H,1-3,5H2;1-2H3;1H3;1-2H3;/q;;;;-1;;+1/i;;;;;1D;. The van der Waals surface area contributed by atoms with Gasteiger partial charge in [-0.2, -0.15) is 10.5 Å². The number of Topliss-reactive ketones (excluding diaryl/α,β-unsaturated/α-hetero) is 1. The number of aryl methyl sites for hydroxylation is 2.